The molecule has 0 spiro atoms. The van der Waals surface area contributed by atoms with Crippen molar-refractivity contribution in [1.29, 1.82) is 0 Å². The fourth-order valence-corrected chi connectivity index (χ4v) is 4.47. The summed E-state index contributed by atoms with van der Waals surface area (Å²) in [6, 6.07) is 5.61. The van der Waals surface area contributed by atoms with Crippen LogP contribution in [0.5, 0.6) is 0 Å². The minimum Gasteiger partial charge on any atom is -0.446 e. The number of fused-ring (bicyclic) bond motifs is 1. The molecular weight excluding hydrogens is 468 g/mol. The molecular formula is C21H21ClN6O4S. The third-order valence-corrected chi connectivity index (χ3v) is 6.32. The number of likely N-dealkylation sites (N-methyl/N-ethyl adjacent to an activating group) is 1. The van der Waals surface area contributed by atoms with Gasteiger partial charge in [0.25, 0.3) is 5.91 Å². The van der Waals surface area contributed by atoms with E-state index in [1.807, 2.05) is 7.05 Å². The van der Waals surface area contributed by atoms with E-state index in [1.54, 1.807) is 24.3 Å². The summed E-state index contributed by atoms with van der Waals surface area (Å²) in [7, 11) is 2.02. The summed E-state index contributed by atoms with van der Waals surface area (Å²) in [4.78, 5) is 48.9. The van der Waals surface area contributed by atoms with Crippen LogP contribution >= 0.6 is 22.9 Å². The van der Waals surface area contributed by atoms with Crippen LogP contribution in [0.15, 0.2) is 41.3 Å². The Morgan fingerprint density at radius 2 is 2.03 bits per heavy atom. The van der Waals surface area contributed by atoms with Gasteiger partial charge in [0.15, 0.2) is 11.4 Å². The van der Waals surface area contributed by atoms with E-state index in [0.717, 1.165) is 30.1 Å². The molecule has 0 fully saturated rings. The van der Waals surface area contributed by atoms with E-state index in [2.05, 4.69) is 30.8 Å². The zero-order valence-corrected chi connectivity index (χ0v) is 19.2. The van der Waals surface area contributed by atoms with Crippen LogP contribution in [0, 0.1) is 0 Å². The number of anilines is 1. The predicted octanol–water partition coefficient (Wildman–Crippen LogP) is 2.00. The van der Waals surface area contributed by atoms with E-state index >= 15 is 0 Å². The average Bonchev–Trinajstić information content (AvgIpc) is 3.47. The first-order valence-corrected chi connectivity index (χ1v) is 11.3. The molecule has 0 aliphatic carbocycles. The highest BCUT2D eigenvalue weighted by molar-refractivity contribution is 7.13. The summed E-state index contributed by atoms with van der Waals surface area (Å²) < 4.78 is 5.31. The zero-order chi connectivity index (χ0) is 23.4. The quantitative estimate of drug-likeness (QED) is 0.452. The molecule has 0 unspecified atom stereocenters. The minimum atomic E-state index is -0.864. The number of nitrogens with one attached hydrogen (secondary N) is 3. The van der Waals surface area contributed by atoms with Gasteiger partial charge in [-0.1, -0.05) is 11.6 Å². The van der Waals surface area contributed by atoms with Crippen molar-refractivity contribution in [1.82, 2.24) is 25.5 Å². The van der Waals surface area contributed by atoms with E-state index in [0.29, 0.717) is 21.5 Å². The van der Waals surface area contributed by atoms with Crippen molar-refractivity contribution in [2.75, 3.05) is 25.5 Å². The van der Waals surface area contributed by atoms with Crippen molar-refractivity contribution in [2.24, 2.45) is 0 Å². The van der Waals surface area contributed by atoms with Gasteiger partial charge in [-0.2, -0.15) is 0 Å². The smallest absolute Gasteiger partial charge is 0.313 e. The summed E-state index contributed by atoms with van der Waals surface area (Å²) in [5.41, 5.74) is 1.37. The zero-order valence-electron chi connectivity index (χ0n) is 17.6. The average molecular weight is 489 g/mol. The number of benzene rings is 1. The Hall–Kier alpha value is -3.28. The number of aromatic nitrogens is 2. The number of nitrogens with zero attached hydrogens (tertiary/aromatic N) is 3. The van der Waals surface area contributed by atoms with E-state index in [4.69, 9.17) is 16.0 Å². The highest BCUT2D eigenvalue weighted by Gasteiger charge is 2.25. The first-order chi connectivity index (χ1) is 15.9. The number of hydrogen-bond donors (Lipinski definition) is 3. The summed E-state index contributed by atoms with van der Waals surface area (Å²) >= 11 is 7.17. The lowest BCUT2D eigenvalue weighted by molar-refractivity contribution is -0.136. The van der Waals surface area contributed by atoms with Crippen LogP contribution in [-0.2, 0) is 22.6 Å². The third kappa shape index (κ3) is 5.75. The SMILES string of the molecule is CN1CCc2nc(C(=O)N[C@@H](CNC(=O)C(=O)Nc3ccc(Cl)cc3)c3cnco3)sc2C1. The van der Waals surface area contributed by atoms with Crippen LogP contribution in [0.2, 0.25) is 5.02 Å². The van der Waals surface area contributed by atoms with Crippen LogP contribution < -0.4 is 16.0 Å². The second-order valence-corrected chi connectivity index (χ2v) is 9.00. The van der Waals surface area contributed by atoms with Crippen molar-refractivity contribution in [2.45, 2.75) is 19.0 Å². The molecule has 3 N–H and O–H groups in total. The molecule has 0 bridgehead atoms. The van der Waals surface area contributed by atoms with Crippen LogP contribution in [0.4, 0.5) is 5.69 Å². The highest BCUT2D eigenvalue weighted by Crippen LogP contribution is 2.25. The molecule has 0 saturated heterocycles. The number of halogens is 1. The van der Waals surface area contributed by atoms with Gasteiger partial charge < -0.3 is 25.3 Å². The standard InChI is InChI=1S/C21H21ClN6O4S/c1-28-7-6-14-17(10-28)33-21(27-14)20(31)26-15(16-9-23-11-32-16)8-24-18(29)19(30)25-13-4-2-12(22)3-5-13/h2-5,9,11,15H,6-8,10H2,1H3,(H,24,29)(H,25,30)(H,26,31)/t15-/m0/s1. The maximum absolute atomic E-state index is 12.9. The van der Waals surface area contributed by atoms with E-state index in [9.17, 15) is 14.4 Å². The fraction of sp³-hybridized carbons (Fsp3) is 0.286. The molecule has 0 saturated carbocycles. The summed E-state index contributed by atoms with van der Waals surface area (Å²) in [5, 5.41) is 8.65. The summed E-state index contributed by atoms with van der Waals surface area (Å²) in [6.45, 7) is 1.56. The van der Waals surface area contributed by atoms with Gasteiger partial charge in [-0.05, 0) is 31.3 Å². The van der Waals surface area contributed by atoms with Crippen molar-refractivity contribution in [3.63, 3.8) is 0 Å². The Kier molecular flexibility index (Phi) is 7.02. The molecule has 33 heavy (non-hydrogen) atoms. The van der Waals surface area contributed by atoms with Crippen molar-refractivity contribution < 1.29 is 18.8 Å². The van der Waals surface area contributed by atoms with Gasteiger partial charge in [0.2, 0.25) is 0 Å². The second kappa shape index (κ2) is 10.1. The van der Waals surface area contributed by atoms with Crippen molar-refractivity contribution in [3.8, 4) is 0 Å². The summed E-state index contributed by atoms with van der Waals surface area (Å²) in [5.74, 6) is -1.77. The topological polar surface area (TPSA) is 129 Å². The lowest BCUT2D eigenvalue weighted by Gasteiger charge is -2.20. The number of oxazole rings is 1. The monoisotopic (exact) mass is 488 g/mol. The molecule has 12 heteroatoms. The number of hydrogen-bond acceptors (Lipinski definition) is 8. The third-order valence-electron chi connectivity index (χ3n) is 4.99. The molecule has 10 nitrogen and oxygen atoms in total. The number of amides is 3. The first kappa shape index (κ1) is 22.9. The Morgan fingerprint density at radius 1 is 1.24 bits per heavy atom. The Balaban J connectivity index is 1.38. The largest absolute Gasteiger partial charge is 0.446 e. The highest BCUT2D eigenvalue weighted by atomic mass is 35.5. The van der Waals surface area contributed by atoms with Crippen LogP contribution in [0.1, 0.15) is 32.2 Å². The van der Waals surface area contributed by atoms with E-state index in [1.165, 1.54) is 23.9 Å². The van der Waals surface area contributed by atoms with Gasteiger partial charge in [0.1, 0.15) is 11.8 Å². The molecule has 4 rings (SSSR count). The lowest BCUT2D eigenvalue weighted by Crippen LogP contribution is -2.41. The number of carbonyl (C=O) groups is 3. The molecule has 3 heterocycles. The molecule has 0 radical (unpaired) electrons. The predicted molar refractivity (Wildman–Crippen MR) is 122 cm³/mol. The van der Waals surface area contributed by atoms with Gasteiger partial charge in [-0.3, -0.25) is 14.4 Å². The molecule has 1 aliphatic rings. The molecule has 2 aromatic heterocycles. The normalized spacial score (nSPS) is 14.2. The van der Waals surface area contributed by atoms with Gasteiger partial charge >= 0.3 is 11.8 Å². The molecule has 3 aromatic rings. The van der Waals surface area contributed by atoms with Crippen LogP contribution in [-0.4, -0.2) is 52.7 Å². The van der Waals surface area contributed by atoms with E-state index < -0.39 is 23.8 Å². The van der Waals surface area contributed by atoms with Crippen molar-refractivity contribution in [3.05, 3.63) is 63.2 Å². The maximum Gasteiger partial charge on any atom is 0.313 e. The second-order valence-electron chi connectivity index (χ2n) is 7.48. The number of carbonyl (C=O) groups excluding carboxylic acids is 3. The Morgan fingerprint density at radius 3 is 2.76 bits per heavy atom. The van der Waals surface area contributed by atoms with Gasteiger partial charge in [0.05, 0.1) is 11.9 Å². The molecule has 3 amide bonds. The number of thiazole rings is 1. The first-order valence-electron chi connectivity index (χ1n) is 10.1. The van der Waals surface area contributed by atoms with Crippen LogP contribution in [0.3, 0.4) is 0 Å². The van der Waals surface area contributed by atoms with Gasteiger partial charge in [-0.25, -0.2) is 9.97 Å². The molecule has 1 aliphatic heterocycles. The maximum atomic E-state index is 12.9. The van der Waals surface area contributed by atoms with Gasteiger partial charge in [0, 0.05) is 41.6 Å². The lowest BCUT2D eigenvalue weighted by atomic mass is 10.2. The van der Waals surface area contributed by atoms with Crippen molar-refractivity contribution >= 4 is 46.3 Å². The summed E-state index contributed by atoms with van der Waals surface area (Å²) in [6.07, 6.45) is 3.45. The molecule has 1 atom stereocenters. The van der Waals surface area contributed by atoms with E-state index in [-0.39, 0.29) is 6.54 Å². The Bertz CT molecular complexity index is 1150. The Labute approximate surface area is 198 Å². The fourth-order valence-electron chi connectivity index (χ4n) is 3.26. The minimum absolute atomic E-state index is 0.0817. The molecule has 1 aromatic carbocycles. The van der Waals surface area contributed by atoms with Crippen LogP contribution in [0.25, 0.3) is 0 Å². The molecule has 172 valence electrons. The van der Waals surface area contributed by atoms with Gasteiger partial charge in [-0.15, -0.1) is 11.3 Å². The number of rotatable bonds is 6.